The fourth-order valence-electron chi connectivity index (χ4n) is 2.07. The van der Waals surface area contributed by atoms with Crippen LogP contribution < -0.4 is 10.0 Å². The fraction of sp³-hybridized carbons (Fsp3) is 0.188. The second-order valence-corrected chi connectivity index (χ2v) is 7.58. The predicted octanol–water partition coefficient (Wildman–Crippen LogP) is 2.10. The van der Waals surface area contributed by atoms with Crippen molar-refractivity contribution in [2.24, 2.45) is 0 Å². The number of carbonyl (C=O) groups is 1. The number of nitro groups is 1. The molecule has 1 amide bonds. The smallest absolute Gasteiger partial charge is 0.269 e. The molecule has 0 saturated carbocycles. The highest BCUT2D eigenvalue weighted by Gasteiger charge is 2.13. The summed E-state index contributed by atoms with van der Waals surface area (Å²) in [6.45, 7) is 0.135. The molecule has 0 aliphatic rings. The van der Waals surface area contributed by atoms with E-state index in [0.717, 1.165) is 0 Å². The van der Waals surface area contributed by atoms with Crippen LogP contribution in [0.25, 0.3) is 0 Å². The van der Waals surface area contributed by atoms with Gasteiger partial charge in [0.25, 0.3) is 11.6 Å². The van der Waals surface area contributed by atoms with E-state index in [-0.39, 0.29) is 30.4 Å². The number of nitro benzene ring substituents is 1. The van der Waals surface area contributed by atoms with Crippen molar-refractivity contribution in [1.82, 2.24) is 10.0 Å². The Bertz CT molecular complexity index is 883. The Morgan fingerprint density at radius 2 is 1.65 bits per heavy atom. The summed E-state index contributed by atoms with van der Waals surface area (Å²) in [7, 11) is -3.62. The van der Waals surface area contributed by atoms with Gasteiger partial charge in [-0.1, -0.05) is 23.7 Å². The van der Waals surface area contributed by atoms with Gasteiger partial charge < -0.3 is 5.32 Å². The number of nitrogens with one attached hydrogen (secondary N) is 2. The molecule has 0 aliphatic heterocycles. The number of hydrogen-bond acceptors (Lipinski definition) is 5. The van der Waals surface area contributed by atoms with Crippen molar-refractivity contribution in [3.8, 4) is 0 Å². The Morgan fingerprint density at radius 3 is 2.23 bits per heavy atom. The van der Waals surface area contributed by atoms with Crippen LogP contribution in [0.1, 0.15) is 15.9 Å². The highest BCUT2D eigenvalue weighted by molar-refractivity contribution is 7.88. The van der Waals surface area contributed by atoms with Gasteiger partial charge in [-0.15, -0.1) is 0 Å². The lowest BCUT2D eigenvalue weighted by atomic mass is 10.2. The van der Waals surface area contributed by atoms with E-state index < -0.39 is 14.9 Å². The molecule has 0 aliphatic carbocycles. The van der Waals surface area contributed by atoms with E-state index in [9.17, 15) is 23.3 Å². The first kappa shape index (κ1) is 19.8. The van der Waals surface area contributed by atoms with Gasteiger partial charge in [-0.25, -0.2) is 13.1 Å². The number of nitrogens with zero attached hydrogens (tertiary/aromatic N) is 1. The molecule has 0 spiro atoms. The molecule has 2 rings (SSSR count). The summed E-state index contributed by atoms with van der Waals surface area (Å²) in [5.41, 5.74) is 0.737. The quantitative estimate of drug-likeness (QED) is 0.401. The summed E-state index contributed by atoms with van der Waals surface area (Å²) in [5.74, 6) is -0.646. The largest absolute Gasteiger partial charge is 0.351 e. The summed E-state index contributed by atoms with van der Waals surface area (Å²) in [4.78, 5) is 21.9. The molecular weight excluding hydrogens is 382 g/mol. The molecule has 0 bridgehead atoms. The summed E-state index contributed by atoms with van der Waals surface area (Å²) in [6, 6.07) is 11.6. The first-order valence-electron chi connectivity index (χ1n) is 7.51. The van der Waals surface area contributed by atoms with Crippen LogP contribution in [-0.4, -0.2) is 32.3 Å². The summed E-state index contributed by atoms with van der Waals surface area (Å²) < 4.78 is 26.4. The van der Waals surface area contributed by atoms with E-state index >= 15 is 0 Å². The van der Waals surface area contributed by atoms with Gasteiger partial charge in [0.05, 0.1) is 10.7 Å². The van der Waals surface area contributed by atoms with Gasteiger partial charge in [0.2, 0.25) is 10.0 Å². The molecule has 138 valence electrons. The van der Waals surface area contributed by atoms with Gasteiger partial charge in [0.15, 0.2) is 0 Å². The van der Waals surface area contributed by atoms with E-state index in [1.165, 1.54) is 24.3 Å². The highest BCUT2D eigenvalue weighted by Crippen LogP contribution is 2.13. The molecule has 0 unspecified atom stereocenters. The molecule has 8 nitrogen and oxygen atoms in total. The molecule has 10 heteroatoms. The van der Waals surface area contributed by atoms with Gasteiger partial charge in [0.1, 0.15) is 0 Å². The molecule has 2 aromatic carbocycles. The van der Waals surface area contributed by atoms with Crippen molar-refractivity contribution < 1.29 is 18.1 Å². The van der Waals surface area contributed by atoms with Gasteiger partial charge in [0, 0.05) is 35.8 Å². The van der Waals surface area contributed by atoms with Gasteiger partial charge in [-0.3, -0.25) is 14.9 Å². The van der Waals surface area contributed by atoms with Crippen molar-refractivity contribution in [2.45, 2.75) is 5.75 Å². The van der Waals surface area contributed by atoms with Crippen molar-refractivity contribution in [2.75, 3.05) is 13.1 Å². The van der Waals surface area contributed by atoms with Crippen molar-refractivity contribution in [1.29, 1.82) is 0 Å². The van der Waals surface area contributed by atoms with Gasteiger partial charge >= 0.3 is 0 Å². The third kappa shape index (κ3) is 6.10. The Balaban J connectivity index is 1.79. The first-order valence-corrected chi connectivity index (χ1v) is 9.54. The molecule has 26 heavy (non-hydrogen) atoms. The molecule has 0 aromatic heterocycles. The topological polar surface area (TPSA) is 118 Å². The number of halogens is 1. The van der Waals surface area contributed by atoms with E-state index in [2.05, 4.69) is 10.0 Å². The Labute approximate surface area is 155 Å². The molecular formula is C16H16ClN3O5S. The summed E-state index contributed by atoms with van der Waals surface area (Å²) >= 11 is 5.74. The second-order valence-electron chi connectivity index (χ2n) is 5.34. The SMILES string of the molecule is O=C(NCCNS(=O)(=O)Cc1ccc([N+](=O)[O-])cc1)c1ccc(Cl)cc1. The third-order valence-electron chi connectivity index (χ3n) is 3.34. The number of benzene rings is 2. The minimum Gasteiger partial charge on any atom is -0.351 e. The lowest BCUT2D eigenvalue weighted by Crippen LogP contribution is -2.35. The maximum atomic E-state index is 12.0. The summed E-state index contributed by atoms with van der Waals surface area (Å²) in [5, 5.41) is 13.7. The molecule has 0 radical (unpaired) electrons. The molecule has 0 saturated heterocycles. The predicted molar refractivity (Wildman–Crippen MR) is 97.5 cm³/mol. The number of hydrogen-bond donors (Lipinski definition) is 2. The standard InChI is InChI=1S/C16H16ClN3O5S/c17-14-5-3-13(4-6-14)16(21)18-9-10-19-26(24,25)11-12-1-7-15(8-2-12)20(22)23/h1-8,19H,9-11H2,(H,18,21). The maximum absolute atomic E-state index is 12.0. The zero-order valence-electron chi connectivity index (χ0n) is 13.5. The van der Waals surface area contributed by atoms with Gasteiger partial charge in [-0.05, 0) is 29.8 Å². The van der Waals surface area contributed by atoms with Crippen LogP contribution in [0.4, 0.5) is 5.69 Å². The molecule has 2 aromatic rings. The lowest BCUT2D eigenvalue weighted by Gasteiger charge is -2.08. The molecule has 0 atom stereocenters. The number of sulfonamides is 1. The van der Waals surface area contributed by atoms with Crippen molar-refractivity contribution in [3.63, 3.8) is 0 Å². The number of non-ortho nitro benzene ring substituents is 1. The normalized spacial score (nSPS) is 11.1. The van der Waals surface area contributed by atoms with Crippen LogP contribution in [-0.2, 0) is 15.8 Å². The van der Waals surface area contributed by atoms with Crippen LogP contribution in [0.5, 0.6) is 0 Å². The average Bonchev–Trinajstić information content (AvgIpc) is 2.59. The second kappa shape index (κ2) is 8.75. The number of rotatable bonds is 8. The zero-order valence-corrected chi connectivity index (χ0v) is 15.1. The Morgan fingerprint density at radius 1 is 1.04 bits per heavy atom. The fourth-order valence-corrected chi connectivity index (χ4v) is 3.34. The molecule has 2 N–H and O–H groups in total. The van der Waals surface area contributed by atoms with Crippen molar-refractivity contribution in [3.05, 3.63) is 74.8 Å². The minimum atomic E-state index is -3.62. The average molecular weight is 398 g/mol. The van der Waals surface area contributed by atoms with E-state index in [1.54, 1.807) is 24.3 Å². The first-order chi connectivity index (χ1) is 12.3. The molecule has 0 fully saturated rings. The Hall–Kier alpha value is -2.49. The van der Waals surface area contributed by atoms with Crippen LogP contribution in [0.3, 0.4) is 0 Å². The van der Waals surface area contributed by atoms with Crippen LogP contribution in [0.15, 0.2) is 48.5 Å². The number of carbonyl (C=O) groups excluding carboxylic acids is 1. The maximum Gasteiger partial charge on any atom is 0.269 e. The minimum absolute atomic E-state index is 0.0225. The van der Waals surface area contributed by atoms with Crippen LogP contribution in [0, 0.1) is 10.1 Å². The lowest BCUT2D eigenvalue weighted by molar-refractivity contribution is -0.384. The van der Waals surface area contributed by atoms with Gasteiger partial charge in [-0.2, -0.15) is 0 Å². The highest BCUT2D eigenvalue weighted by atomic mass is 35.5. The van der Waals surface area contributed by atoms with E-state index in [0.29, 0.717) is 16.1 Å². The Kier molecular flexibility index (Phi) is 6.67. The van der Waals surface area contributed by atoms with Crippen LogP contribution >= 0.6 is 11.6 Å². The van der Waals surface area contributed by atoms with E-state index in [4.69, 9.17) is 11.6 Å². The monoisotopic (exact) mass is 397 g/mol. The number of amides is 1. The summed E-state index contributed by atoms with van der Waals surface area (Å²) in [6.07, 6.45) is 0. The zero-order chi connectivity index (χ0) is 19.2. The molecule has 0 heterocycles. The third-order valence-corrected chi connectivity index (χ3v) is 4.95. The van der Waals surface area contributed by atoms with Crippen LogP contribution in [0.2, 0.25) is 5.02 Å². The van der Waals surface area contributed by atoms with Crippen molar-refractivity contribution >= 4 is 33.2 Å². The van der Waals surface area contributed by atoms with E-state index in [1.807, 2.05) is 0 Å².